The van der Waals surface area contributed by atoms with Gasteiger partial charge in [0.1, 0.15) is 5.75 Å². The molecule has 2 aromatic carbocycles. The zero-order valence-electron chi connectivity index (χ0n) is 17.6. The maximum absolute atomic E-state index is 12.9. The third-order valence-electron chi connectivity index (χ3n) is 4.27. The van der Waals surface area contributed by atoms with Gasteiger partial charge < -0.3 is 14.8 Å². The summed E-state index contributed by atoms with van der Waals surface area (Å²) in [6.07, 6.45) is -4.91. The number of hydrogen-bond donors (Lipinski definition) is 1. The van der Waals surface area contributed by atoms with Crippen LogP contribution in [0.2, 0.25) is 5.02 Å². The van der Waals surface area contributed by atoms with Gasteiger partial charge in [0.25, 0.3) is 0 Å². The molecule has 0 aliphatic carbocycles. The summed E-state index contributed by atoms with van der Waals surface area (Å²) in [6, 6.07) is 8.45. The zero-order chi connectivity index (χ0) is 24.8. The average Bonchev–Trinajstić information content (AvgIpc) is 2.72. The van der Waals surface area contributed by atoms with Crippen molar-refractivity contribution in [2.45, 2.75) is 42.3 Å². The Morgan fingerprint density at radius 3 is 2.24 bits per heavy atom. The number of rotatable bonds is 9. The lowest BCUT2D eigenvalue weighted by molar-refractivity contribution is -0.174. The lowest BCUT2D eigenvalue weighted by Gasteiger charge is -2.15. The lowest BCUT2D eigenvalue weighted by Crippen LogP contribution is -2.42. The highest BCUT2D eigenvalue weighted by atomic mass is 35.5. The number of hydrogen-bond acceptors (Lipinski definition) is 6. The van der Waals surface area contributed by atoms with Crippen molar-refractivity contribution < 1.29 is 40.7 Å². The van der Waals surface area contributed by atoms with Crippen molar-refractivity contribution in [3.8, 4) is 5.75 Å². The molecule has 0 fully saturated rings. The number of halogens is 4. The summed E-state index contributed by atoms with van der Waals surface area (Å²) in [6.45, 7) is 2.85. The third kappa shape index (κ3) is 7.36. The molecule has 0 saturated heterocycles. The van der Waals surface area contributed by atoms with Crippen LogP contribution in [0.3, 0.4) is 0 Å². The maximum atomic E-state index is 12.9. The van der Waals surface area contributed by atoms with E-state index in [2.05, 4.69) is 0 Å². The Labute approximate surface area is 193 Å². The van der Waals surface area contributed by atoms with Crippen LogP contribution in [0.25, 0.3) is 0 Å². The monoisotopic (exact) mass is 507 g/mol. The summed E-state index contributed by atoms with van der Waals surface area (Å²) in [5, 5.41) is 1.82. The molecular weight excluding hydrogens is 487 g/mol. The Morgan fingerprint density at radius 2 is 1.70 bits per heavy atom. The fraction of sp³-hybridized carbons (Fsp3) is 0.333. The molecule has 2 rings (SSSR count). The first-order chi connectivity index (χ1) is 15.3. The van der Waals surface area contributed by atoms with Crippen LogP contribution < -0.4 is 10.1 Å². The number of nitrogens with one attached hydrogen (secondary N) is 1. The minimum Gasteiger partial charge on any atom is -0.480 e. The van der Waals surface area contributed by atoms with E-state index in [1.54, 1.807) is 6.92 Å². The maximum Gasteiger partial charge on any atom is 0.471 e. The predicted molar refractivity (Wildman–Crippen MR) is 113 cm³/mol. The van der Waals surface area contributed by atoms with Crippen molar-refractivity contribution >= 4 is 33.3 Å². The van der Waals surface area contributed by atoms with E-state index < -0.39 is 33.9 Å². The smallest absolute Gasteiger partial charge is 0.471 e. The molecule has 0 aromatic heterocycles. The first-order valence-electron chi connectivity index (χ1n) is 9.64. The summed E-state index contributed by atoms with van der Waals surface area (Å²) in [5.41, 5.74) is 0.532. The highest BCUT2D eigenvalue weighted by Gasteiger charge is 2.39. The van der Waals surface area contributed by atoms with Crippen LogP contribution in [0, 0.1) is 0 Å². The summed E-state index contributed by atoms with van der Waals surface area (Å²) in [5.74, 6) is -2.53. The van der Waals surface area contributed by atoms with E-state index in [0.717, 1.165) is 0 Å². The first-order valence-corrected chi connectivity index (χ1v) is 11.5. The number of benzene rings is 2. The number of amides is 1. The largest absolute Gasteiger partial charge is 0.480 e. The number of carbonyl (C=O) groups is 2. The molecule has 0 aliphatic heterocycles. The van der Waals surface area contributed by atoms with Crippen molar-refractivity contribution in [1.29, 1.82) is 0 Å². The van der Waals surface area contributed by atoms with E-state index >= 15 is 0 Å². The number of carbonyl (C=O) groups excluding carboxylic acids is 2. The topological polar surface area (TPSA) is 98.8 Å². The minimum absolute atomic E-state index is 0.0220. The van der Waals surface area contributed by atoms with Crippen molar-refractivity contribution in [2.75, 3.05) is 13.2 Å². The van der Waals surface area contributed by atoms with Gasteiger partial charge in [-0.05, 0) is 56.2 Å². The van der Waals surface area contributed by atoms with Gasteiger partial charge >= 0.3 is 18.1 Å². The Hall–Kier alpha value is -2.79. The van der Waals surface area contributed by atoms with Crippen molar-refractivity contribution in [3.05, 3.63) is 53.1 Å². The zero-order valence-corrected chi connectivity index (χ0v) is 19.2. The molecule has 1 amide bonds. The molecule has 1 atom stereocenters. The molecule has 0 heterocycles. The second-order valence-electron chi connectivity index (χ2n) is 6.91. The number of sulfone groups is 1. The lowest BCUT2D eigenvalue weighted by atomic mass is 10.1. The summed E-state index contributed by atoms with van der Waals surface area (Å²) in [7, 11) is -3.95. The van der Waals surface area contributed by atoms with Gasteiger partial charge in [-0.25, -0.2) is 13.2 Å². The second kappa shape index (κ2) is 10.9. The van der Waals surface area contributed by atoms with Crippen LogP contribution in [-0.4, -0.2) is 45.7 Å². The molecule has 0 saturated carbocycles. The van der Waals surface area contributed by atoms with Crippen LogP contribution in [0.15, 0.2) is 52.3 Å². The SMILES string of the molecule is CCOC(=O)COc1ccc(S(=O)(=O)c2ccc(C[C@@H](C)NC(=O)C(F)(F)F)cc2)cc1Cl. The standard InChI is InChI=1S/C21H21ClF3NO6S/c1-3-31-19(27)12-32-18-9-8-16(11-17(18)22)33(29,30)15-6-4-14(5-7-15)10-13(2)26-20(28)21(23,24)25/h4-9,11,13H,3,10,12H2,1-2H3,(H,26,28)/t13-/m1/s1. The molecular formula is C21H21ClF3NO6S. The molecule has 2 aromatic rings. The minimum atomic E-state index is -4.98. The molecule has 12 heteroatoms. The Bertz CT molecular complexity index is 1100. The van der Waals surface area contributed by atoms with Gasteiger partial charge in [0.2, 0.25) is 9.84 Å². The van der Waals surface area contributed by atoms with Gasteiger partial charge in [-0.2, -0.15) is 13.2 Å². The summed E-state index contributed by atoms with van der Waals surface area (Å²) < 4.78 is 72.7. The summed E-state index contributed by atoms with van der Waals surface area (Å²) in [4.78, 5) is 22.2. The molecule has 180 valence electrons. The first kappa shape index (κ1) is 26.5. The Morgan fingerprint density at radius 1 is 1.09 bits per heavy atom. The molecule has 33 heavy (non-hydrogen) atoms. The van der Waals surface area contributed by atoms with Crippen molar-refractivity contribution in [3.63, 3.8) is 0 Å². The van der Waals surface area contributed by atoms with E-state index in [1.165, 1.54) is 49.4 Å². The molecule has 0 radical (unpaired) electrons. The highest BCUT2D eigenvalue weighted by molar-refractivity contribution is 7.91. The molecule has 0 spiro atoms. The average molecular weight is 508 g/mol. The van der Waals surface area contributed by atoms with E-state index in [-0.39, 0.29) is 40.2 Å². The van der Waals surface area contributed by atoms with Crippen LogP contribution >= 0.6 is 11.6 Å². The van der Waals surface area contributed by atoms with Crippen LogP contribution in [0.5, 0.6) is 5.75 Å². The number of esters is 1. The molecule has 0 bridgehead atoms. The van der Waals surface area contributed by atoms with Crippen molar-refractivity contribution in [2.24, 2.45) is 0 Å². The molecule has 0 unspecified atom stereocenters. The summed E-state index contributed by atoms with van der Waals surface area (Å²) >= 11 is 6.08. The van der Waals surface area contributed by atoms with E-state index in [1.807, 2.05) is 5.32 Å². The second-order valence-corrected chi connectivity index (χ2v) is 9.27. The molecule has 0 aliphatic rings. The number of alkyl halides is 3. The van der Waals surface area contributed by atoms with Crippen LogP contribution in [0.4, 0.5) is 13.2 Å². The van der Waals surface area contributed by atoms with Gasteiger partial charge in [0.05, 0.1) is 21.4 Å². The van der Waals surface area contributed by atoms with Crippen molar-refractivity contribution in [1.82, 2.24) is 5.32 Å². The third-order valence-corrected chi connectivity index (χ3v) is 6.34. The van der Waals surface area contributed by atoms with E-state index in [0.29, 0.717) is 5.56 Å². The quantitative estimate of drug-likeness (QED) is 0.519. The van der Waals surface area contributed by atoms with Gasteiger partial charge in [0.15, 0.2) is 6.61 Å². The van der Waals surface area contributed by atoms with E-state index in [4.69, 9.17) is 21.1 Å². The van der Waals surface area contributed by atoms with Gasteiger partial charge in [0, 0.05) is 6.04 Å². The number of ether oxygens (including phenoxy) is 2. The highest BCUT2D eigenvalue weighted by Crippen LogP contribution is 2.30. The van der Waals surface area contributed by atoms with Gasteiger partial charge in [-0.15, -0.1) is 0 Å². The van der Waals surface area contributed by atoms with E-state index in [9.17, 15) is 31.2 Å². The van der Waals surface area contributed by atoms with Crippen LogP contribution in [0.1, 0.15) is 19.4 Å². The van der Waals surface area contributed by atoms with Gasteiger partial charge in [-0.1, -0.05) is 23.7 Å². The fourth-order valence-corrected chi connectivity index (χ4v) is 4.34. The predicted octanol–water partition coefficient (Wildman–Crippen LogP) is 3.72. The molecule has 1 N–H and O–H groups in total. The Kier molecular flexibility index (Phi) is 8.73. The van der Waals surface area contributed by atoms with Gasteiger partial charge in [-0.3, -0.25) is 4.79 Å². The van der Waals surface area contributed by atoms with Crippen LogP contribution in [-0.2, 0) is 30.6 Å². The normalized spacial score (nSPS) is 12.7. The molecule has 7 nitrogen and oxygen atoms in total. The Balaban J connectivity index is 2.10. The fourth-order valence-electron chi connectivity index (χ4n) is 2.76.